The largest absolute Gasteiger partial charge is 0.383 e. The molecule has 1 N–H and O–H groups in total. The van der Waals surface area contributed by atoms with E-state index in [0.29, 0.717) is 12.1 Å². The molecule has 0 spiro atoms. The zero-order valence-electron chi connectivity index (χ0n) is 12.5. The standard InChI is InChI=1S/C13H31N3O/c1-7-16(13(3)11-15(4)5)12(2)10-14-8-9-17-6/h12-14H,7-11H2,1-6H3. The number of nitrogens with zero attached hydrogens (tertiary/aromatic N) is 2. The number of nitrogens with one attached hydrogen (secondary N) is 1. The van der Waals surface area contributed by atoms with Gasteiger partial charge in [-0.15, -0.1) is 0 Å². The summed E-state index contributed by atoms with van der Waals surface area (Å²) in [5, 5.41) is 3.43. The van der Waals surface area contributed by atoms with Crippen LogP contribution in [0.3, 0.4) is 0 Å². The van der Waals surface area contributed by atoms with Crippen LogP contribution in [0.15, 0.2) is 0 Å². The molecular formula is C13H31N3O. The van der Waals surface area contributed by atoms with Gasteiger partial charge in [0.1, 0.15) is 0 Å². The van der Waals surface area contributed by atoms with Crippen LogP contribution in [0.1, 0.15) is 20.8 Å². The van der Waals surface area contributed by atoms with Gasteiger partial charge in [0, 0.05) is 38.8 Å². The van der Waals surface area contributed by atoms with Gasteiger partial charge in [-0.05, 0) is 34.5 Å². The highest BCUT2D eigenvalue weighted by Crippen LogP contribution is 2.05. The Morgan fingerprint density at radius 2 is 1.82 bits per heavy atom. The van der Waals surface area contributed by atoms with Crippen LogP contribution in [0.25, 0.3) is 0 Å². The quantitative estimate of drug-likeness (QED) is 0.578. The number of methoxy groups -OCH3 is 1. The minimum Gasteiger partial charge on any atom is -0.383 e. The molecule has 0 saturated heterocycles. The Morgan fingerprint density at radius 1 is 1.18 bits per heavy atom. The maximum atomic E-state index is 5.03. The predicted octanol–water partition coefficient (Wildman–Crippen LogP) is 0.883. The molecule has 0 aliphatic heterocycles. The zero-order chi connectivity index (χ0) is 13.3. The van der Waals surface area contributed by atoms with Gasteiger partial charge < -0.3 is 15.0 Å². The lowest BCUT2D eigenvalue weighted by atomic mass is 10.2. The van der Waals surface area contributed by atoms with E-state index in [-0.39, 0.29) is 0 Å². The highest BCUT2D eigenvalue weighted by Gasteiger charge is 2.18. The second-order valence-corrected chi connectivity index (χ2v) is 4.99. The number of likely N-dealkylation sites (N-methyl/N-ethyl adjacent to an activating group) is 2. The third-order valence-corrected chi connectivity index (χ3v) is 3.05. The highest BCUT2D eigenvalue weighted by molar-refractivity contribution is 4.75. The van der Waals surface area contributed by atoms with Gasteiger partial charge in [0.15, 0.2) is 0 Å². The molecule has 0 rings (SSSR count). The number of hydrogen-bond acceptors (Lipinski definition) is 4. The summed E-state index contributed by atoms with van der Waals surface area (Å²) in [6.45, 7) is 11.8. The van der Waals surface area contributed by atoms with E-state index in [9.17, 15) is 0 Å². The molecule has 104 valence electrons. The lowest BCUT2D eigenvalue weighted by Gasteiger charge is -2.35. The number of ether oxygens (including phenoxy) is 1. The van der Waals surface area contributed by atoms with E-state index in [4.69, 9.17) is 4.74 Å². The second-order valence-electron chi connectivity index (χ2n) is 4.99. The van der Waals surface area contributed by atoms with Crippen molar-refractivity contribution < 1.29 is 4.74 Å². The fourth-order valence-corrected chi connectivity index (χ4v) is 2.29. The first kappa shape index (κ1) is 16.8. The van der Waals surface area contributed by atoms with Crippen molar-refractivity contribution in [2.45, 2.75) is 32.9 Å². The molecule has 0 aromatic carbocycles. The molecular weight excluding hydrogens is 214 g/mol. The van der Waals surface area contributed by atoms with Gasteiger partial charge in [0.2, 0.25) is 0 Å². The van der Waals surface area contributed by atoms with Gasteiger partial charge >= 0.3 is 0 Å². The normalized spacial score (nSPS) is 15.5. The topological polar surface area (TPSA) is 27.7 Å². The predicted molar refractivity (Wildman–Crippen MR) is 74.6 cm³/mol. The molecule has 2 unspecified atom stereocenters. The molecule has 0 radical (unpaired) electrons. The summed E-state index contributed by atoms with van der Waals surface area (Å²) in [6, 6.07) is 1.15. The molecule has 0 aromatic rings. The molecule has 0 aliphatic rings. The van der Waals surface area contributed by atoms with Crippen LogP contribution in [0, 0.1) is 0 Å². The van der Waals surface area contributed by atoms with Crippen LogP contribution in [0.2, 0.25) is 0 Å². The molecule has 0 bridgehead atoms. The molecule has 0 heterocycles. The minimum atomic E-state index is 0.562. The Hall–Kier alpha value is -0.160. The van der Waals surface area contributed by atoms with Crippen LogP contribution in [0.4, 0.5) is 0 Å². The summed E-state index contributed by atoms with van der Waals surface area (Å²) >= 11 is 0. The van der Waals surface area contributed by atoms with E-state index in [1.807, 2.05) is 0 Å². The average Bonchev–Trinajstić information content (AvgIpc) is 2.24. The van der Waals surface area contributed by atoms with E-state index in [2.05, 4.69) is 50.0 Å². The summed E-state index contributed by atoms with van der Waals surface area (Å²) in [4.78, 5) is 4.79. The van der Waals surface area contributed by atoms with Gasteiger partial charge in [-0.1, -0.05) is 6.92 Å². The first-order valence-electron chi connectivity index (χ1n) is 6.63. The molecule has 2 atom stereocenters. The monoisotopic (exact) mass is 245 g/mol. The summed E-state index contributed by atoms with van der Waals surface area (Å²) in [7, 11) is 6.00. The lowest BCUT2D eigenvalue weighted by Crippen LogP contribution is -2.48. The van der Waals surface area contributed by atoms with Crippen molar-refractivity contribution in [3.05, 3.63) is 0 Å². The molecule has 17 heavy (non-hydrogen) atoms. The summed E-state index contributed by atoms with van der Waals surface area (Å²) in [5.74, 6) is 0. The van der Waals surface area contributed by atoms with E-state index < -0.39 is 0 Å². The molecule has 0 amide bonds. The van der Waals surface area contributed by atoms with Gasteiger partial charge in [-0.25, -0.2) is 0 Å². The van der Waals surface area contributed by atoms with Gasteiger partial charge in [-0.3, -0.25) is 4.90 Å². The number of rotatable bonds is 10. The maximum absolute atomic E-state index is 5.03. The Morgan fingerprint density at radius 3 is 2.29 bits per heavy atom. The zero-order valence-corrected chi connectivity index (χ0v) is 12.5. The maximum Gasteiger partial charge on any atom is 0.0587 e. The molecule has 4 nitrogen and oxygen atoms in total. The first-order valence-corrected chi connectivity index (χ1v) is 6.63. The van der Waals surface area contributed by atoms with Crippen LogP contribution in [-0.2, 0) is 4.74 Å². The highest BCUT2D eigenvalue weighted by atomic mass is 16.5. The van der Waals surface area contributed by atoms with Gasteiger partial charge in [0.25, 0.3) is 0 Å². The summed E-state index contributed by atoms with van der Waals surface area (Å²) < 4.78 is 5.03. The van der Waals surface area contributed by atoms with Crippen molar-refractivity contribution in [2.24, 2.45) is 0 Å². The number of hydrogen-bond donors (Lipinski definition) is 1. The van der Waals surface area contributed by atoms with Crippen molar-refractivity contribution in [1.29, 1.82) is 0 Å². The molecule has 0 aromatic heterocycles. The van der Waals surface area contributed by atoms with E-state index in [1.54, 1.807) is 7.11 Å². The minimum absolute atomic E-state index is 0.562. The third kappa shape index (κ3) is 7.71. The Labute approximate surface area is 107 Å². The average molecular weight is 245 g/mol. The van der Waals surface area contributed by atoms with Gasteiger partial charge in [0.05, 0.1) is 6.61 Å². The molecule has 0 fully saturated rings. The van der Waals surface area contributed by atoms with Crippen molar-refractivity contribution in [2.75, 3.05) is 54.0 Å². The Balaban J connectivity index is 3.97. The Kier molecular flexibility index (Phi) is 9.74. The third-order valence-electron chi connectivity index (χ3n) is 3.05. The van der Waals surface area contributed by atoms with Crippen LogP contribution >= 0.6 is 0 Å². The first-order chi connectivity index (χ1) is 8.02. The van der Waals surface area contributed by atoms with Crippen molar-refractivity contribution in [3.63, 3.8) is 0 Å². The van der Waals surface area contributed by atoms with E-state index in [0.717, 1.165) is 32.8 Å². The van der Waals surface area contributed by atoms with Gasteiger partial charge in [-0.2, -0.15) is 0 Å². The fraction of sp³-hybridized carbons (Fsp3) is 1.00. The van der Waals surface area contributed by atoms with E-state index in [1.165, 1.54) is 0 Å². The van der Waals surface area contributed by atoms with E-state index >= 15 is 0 Å². The van der Waals surface area contributed by atoms with Crippen LogP contribution < -0.4 is 5.32 Å². The smallest absolute Gasteiger partial charge is 0.0587 e. The van der Waals surface area contributed by atoms with Crippen molar-refractivity contribution >= 4 is 0 Å². The van der Waals surface area contributed by atoms with Crippen molar-refractivity contribution in [3.8, 4) is 0 Å². The molecule has 4 heteroatoms. The Bertz CT molecular complexity index is 176. The second kappa shape index (κ2) is 9.83. The van der Waals surface area contributed by atoms with Crippen molar-refractivity contribution in [1.82, 2.24) is 15.1 Å². The molecule has 0 aliphatic carbocycles. The fourth-order valence-electron chi connectivity index (χ4n) is 2.29. The SMILES string of the molecule is CCN(C(C)CNCCOC)C(C)CN(C)C. The summed E-state index contributed by atoms with van der Waals surface area (Å²) in [6.07, 6.45) is 0. The van der Waals surface area contributed by atoms with Crippen LogP contribution in [-0.4, -0.2) is 75.9 Å². The lowest BCUT2D eigenvalue weighted by molar-refractivity contribution is 0.131. The summed E-state index contributed by atoms with van der Waals surface area (Å²) in [5.41, 5.74) is 0. The molecule has 0 saturated carbocycles. The van der Waals surface area contributed by atoms with Crippen LogP contribution in [0.5, 0.6) is 0 Å².